The van der Waals surface area contributed by atoms with Crippen molar-refractivity contribution in [1.29, 1.82) is 0 Å². The Balaban J connectivity index is 1.56. The quantitative estimate of drug-likeness (QED) is 0.741. The highest BCUT2D eigenvalue weighted by Crippen LogP contribution is 2.60. The summed E-state index contributed by atoms with van der Waals surface area (Å²) in [6, 6.07) is 11.2. The largest absolute Gasteiger partial charge is 0.324 e. The van der Waals surface area contributed by atoms with Crippen LogP contribution in [0, 0.1) is 24.6 Å². The lowest BCUT2D eigenvalue weighted by Gasteiger charge is -2.36. The Morgan fingerprint density at radius 1 is 1.07 bits per heavy atom. The van der Waals surface area contributed by atoms with Crippen LogP contribution in [0.25, 0.3) is 0 Å². The van der Waals surface area contributed by atoms with Gasteiger partial charge < -0.3 is 5.32 Å². The summed E-state index contributed by atoms with van der Waals surface area (Å²) in [5.41, 5.74) is 1.19. The lowest BCUT2D eigenvalue weighted by atomic mass is 9.75. The number of aryl methyl sites for hydroxylation is 1. The normalized spacial score (nSPS) is 32.0. The molecular weight excluding hydrogens is 385 g/mol. The number of benzene rings is 2. The first-order valence-corrected chi connectivity index (χ1v) is 10.3. The Kier molecular flexibility index (Phi) is 3.41. The van der Waals surface area contributed by atoms with Crippen LogP contribution in [0.4, 0.5) is 15.8 Å². The second-order valence-electron chi connectivity index (χ2n) is 8.66. The molecule has 1 N–H and O–H groups in total. The van der Waals surface area contributed by atoms with Crippen LogP contribution in [0.15, 0.2) is 42.5 Å². The van der Waals surface area contributed by atoms with E-state index in [1.54, 1.807) is 12.1 Å². The van der Waals surface area contributed by atoms with Crippen molar-refractivity contribution in [2.75, 3.05) is 16.8 Å². The molecule has 6 nitrogen and oxygen atoms in total. The van der Waals surface area contributed by atoms with Crippen molar-refractivity contribution in [3.05, 3.63) is 59.4 Å². The van der Waals surface area contributed by atoms with Gasteiger partial charge >= 0.3 is 0 Å². The fraction of sp³-hybridized carbons (Fsp3) is 0.348. The van der Waals surface area contributed by atoms with Gasteiger partial charge in [0.2, 0.25) is 17.7 Å². The average Bonchev–Trinajstić information content (AvgIpc) is 3.42. The fourth-order valence-corrected chi connectivity index (χ4v) is 6.12. The van der Waals surface area contributed by atoms with E-state index >= 15 is 0 Å². The zero-order chi connectivity index (χ0) is 20.8. The summed E-state index contributed by atoms with van der Waals surface area (Å²) in [5.74, 6) is -2.91. The number of anilines is 2. The highest BCUT2D eigenvalue weighted by atomic mass is 19.1. The van der Waals surface area contributed by atoms with Crippen LogP contribution in [-0.4, -0.2) is 35.2 Å². The van der Waals surface area contributed by atoms with E-state index in [-0.39, 0.29) is 23.8 Å². The summed E-state index contributed by atoms with van der Waals surface area (Å²) >= 11 is 0. The highest BCUT2D eigenvalue weighted by Gasteiger charge is 2.74. The van der Waals surface area contributed by atoms with Crippen molar-refractivity contribution in [1.82, 2.24) is 4.90 Å². The Morgan fingerprint density at radius 3 is 2.60 bits per heavy atom. The number of amides is 3. The molecule has 4 atom stereocenters. The zero-order valence-corrected chi connectivity index (χ0v) is 16.4. The molecule has 0 aromatic heterocycles. The van der Waals surface area contributed by atoms with Crippen LogP contribution in [0.1, 0.15) is 24.0 Å². The molecule has 0 radical (unpaired) electrons. The first-order chi connectivity index (χ1) is 14.4. The Labute approximate surface area is 172 Å². The van der Waals surface area contributed by atoms with Crippen LogP contribution in [-0.2, 0) is 19.9 Å². The maximum Gasteiger partial charge on any atom is 0.250 e. The van der Waals surface area contributed by atoms with Crippen molar-refractivity contribution in [3.63, 3.8) is 0 Å². The number of fused-ring (bicyclic) bond motifs is 7. The lowest BCUT2D eigenvalue weighted by molar-refractivity contribution is -0.135. The number of hydrogen-bond acceptors (Lipinski definition) is 4. The third-order valence-corrected chi connectivity index (χ3v) is 7.25. The molecule has 0 saturated carbocycles. The predicted molar refractivity (Wildman–Crippen MR) is 107 cm³/mol. The van der Waals surface area contributed by atoms with Gasteiger partial charge in [0, 0.05) is 17.3 Å². The van der Waals surface area contributed by atoms with Crippen molar-refractivity contribution in [2.24, 2.45) is 11.8 Å². The predicted octanol–water partition coefficient (Wildman–Crippen LogP) is 2.57. The minimum Gasteiger partial charge on any atom is -0.324 e. The molecule has 0 bridgehead atoms. The Bertz CT molecular complexity index is 1130. The van der Waals surface area contributed by atoms with Crippen LogP contribution in [0.3, 0.4) is 0 Å². The SMILES string of the molecule is Cc1ccc(N2C(=O)[C@@H]3[C@H]4CCCN4[C@@]4(C(=O)Nc5ccc(F)cc54)[C@@H]3C2=O)cc1. The number of hydrogen-bond donors (Lipinski definition) is 1. The van der Waals surface area contributed by atoms with Gasteiger partial charge in [0.25, 0.3) is 0 Å². The molecule has 6 rings (SSSR count). The van der Waals surface area contributed by atoms with E-state index < -0.39 is 23.2 Å². The Morgan fingerprint density at radius 2 is 1.83 bits per heavy atom. The molecule has 3 saturated heterocycles. The summed E-state index contributed by atoms with van der Waals surface area (Å²) in [6.07, 6.45) is 1.57. The smallest absolute Gasteiger partial charge is 0.250 e. The number of carbonyl (C=O) groups excluding carboxylic acids is 3. The topological polar surface area (TPSA) is 69.7 Å². The van der Waals surface area contributed by atoms with Gasteiger partial charge in [-0.25, -0.2) is 9.29 Å². The molecule has 30 heavy (non-hydrogen) atoms. The molecule has 0 aliphatic carbocycles. The summed E-state index contributed by atoms with van der Waals surface area (Å²) in [6.45, 7) is 2.54. The van der Waals surface area contributed by atoms with E-state index in [2.05, 4.69) is 5.32 Å². The second kappa shape index (κ2) is 5.76. The van der Waals surface area contributed by atoms with Crippen molar-refractivity contribution in [3.8, 4) is 0 Å². The molecule has 2 aromatic carbocycles. The average molecular weight is 405 g/mol. The van der Waals surface area contributed by atoms with Crippen molar-refractivity contribution >= 4 is 29.1 Å². The standard InChI is InChI=1S/C23H20FN3O3/c1-12-4-7-14(8-5-12)27-20(28)18-17-3-2-10-26(17)23(19(18)21(27)29)15-11-13(24)6-9-16(15)25-22(23)30/h4-9,11,17-19H,2-3,10H2,1H3,(H,25,30)/t17-,18-,19+,23-/m1/s1. The lowest BCUT2D eigenvalue weighted by Crippen LogP contribution is -2.54. The number of carbonyl (C=O) groups is 3. The van der Waals surface area contributed by atoms with E-state index in [9.17, 15) is 18.8 Å². The molecule has 4 heterocycles. The van der Waals surface area contributed by atoms with Crippen molar-refractivity contribution < 1.29 is 18.8 Å². The van der Waals surface area contributed by atoms with E-state index in [1.165, 1.54) is 23.1 Å². The number of nitrogens with one attached hydrogen (secondary N) is 1. The molecule has 4 aliphatic rings. The summed E-state index contributed by atoms with van der Waals surface area (Å²) in [5, 5.41) is 2.85. The molecule has 7 heteroatoms. The van der Waals surface area contributed by atoms with Crippen LogP contribution < -0.4 is 10.2 Å². The van der Waals surface area contributed by atoms with Crippen LogP contribution in [0.5, 0.6) is 0 Å². The molecular formula is C23H20FN3O3. The summed E-state index contributed by atoms with van der Waals surface area (Å²) < 4.78 is 14.2. The van der Waals surface area contributed by atoms with Crippen LogP contribution >= 0.6 is 0 Å². The first-order valence-electron chi connectivity index (χ1n) is 10.3. The van der Waals surface area contributed by atoms with Gasteiger partial charge in [-0.3, -0.25) is 19.3 Å². The maximum absolute atomic E-state index is 14.2. The first kappa shape index (κ1) is 17.8. The molecule has 4 aliphatic heterocycles. The van der Waals surface area contributed by atoms with Gasteiger partial charge in [-0.2, -0.15) is 0 Å². The second-order valence-corrected chi connectivity index (χ2v) is 8.66. The minimum atomic E-state index is -1.34. The third-order valence-electron chi connectivity index (χ3n) is 7.25. The van der Waals surface area contributed by atoms with Gasteiger partial charge in [-0.05, 0) is 56.6 Å². The molecule has 0 unspecified atom stereocenters. The molecule has 3 amide bonds. The number of imide groups is 1. The molecule has 152 valence electrons. The highest BCUT2D eigenvalue weighted by molar-refractivity contribution is 6.25. The minimum absolute atomic E-state index is 0.207. The molecule has 1 spiro atoms. The van der Waals surface area contributed by atoms with Gasteiger partial charge in [0.05, 0.1) is 17.5 Å². The zero-order valence-electron chi connectivity index (χ0n) is 16.4. The maximum atomic E-state index is 14.2. The number of halogens is 1. The van der Waals surface area contributed by atoms with E-state index in [0.717, 1.165) is 18.4 Å². The summed E-state index contributed by atoms with van der Waals surface area (Å²) in [4.78, 5) is 43.9. The number of rotatable bonds is 1. The Hall–Kier alpha value is -3.06. The monoisotopic (exact) mass is 405 g/mol. The van der Waals surface area contributed by atoms with Crippen molar-refractivity contribution in [2.45, 2.75) is 31.3 Å². The van der Waals surface area contributed by atoms with Gasteiger partial charge in [-0.15, -0.1) is 0 Å². The van der Waals surface area contributed by atoms with E-state index in [1.807, 2.05) is 24.0 Å². The summed E-state index contributed by atoms with van der Waals surface area (Å²) in [7, 11) is 0. The van der Waals surface area contributed by atoms with Crippen LogP contribution in [0.2, 0.25) is 0 Å². The van der Waals surface area contributed by atoms with Gasteiger partial charge in [0.1, 0.15) is 11.4 Å². The molecule has 2 aromatic rings. The van der Waals surface area contributed by atoms with E-state index in [0.29, 0.717) is 23.5 Å². The van der Waals surface area contributed by atoms with Gasteiger partial charge in [-0.1, -0.05) is 17.7 Å². The fourth-order valence-electron chi connectivity index (χ4n) is 6.12. The number of nitrogens with zero attached hydrogens (tertiary/aromatic N) is 2. The third kappa shape index (κ3) is 1.94. The molecule has 3 fully saturated rings. The van der Waals surface area contributed by atoms with Gasteiger partial charge in [0.15, 0.2) is 0 Å². The van der Waals surface area contributed by atoms with E-state index in [4.69, 9.17) is 0 Å².